The first kappa shape index (κ1) is 18.6. The van der Waals surface area contributed by atoms with Crippen molar-refractivity contribution in [3.05, 3.63) is 69.0 Å². The molecule has 0 unspecified atom stereocenters. The molecule has 0 fully saturated rings. The molecule has 25 heavy (non-hydrogen) atoms. The lowest BCUT2D eigenvalue weighted by molar-refractivity contribution is -0.384. The minimum absolute atomic E-state index is 0.0560. The number of thiocarbonyl (C=S) groups is 1. The average Bonchev–Trinajstić information content (AvgIpc) is 2.57. The molecule has 2 aromatic rings. The Morgan fingerprint density at radius 1 is 1.20 bits per heavy atom. The Balaban J connectivity index is 1.85. The van der Waals surface area contributed by atoms with E-state index < -0.39 is 16.6 Å². The topological polar surface area (TPSA) is 96.3 Å². The van der Waals surface area contributed by atoms with Gasteiger partial charge in [0.15, 0.2) is 5.11 Å². The first-order valence-electron chi connectivity index (χ1n) is 6.90. The van der Waals surface area contributed by atoms with Crippen molar-refractivity contribution in [3.8, 4) is 0 Å². The monoisotopic (exact) mass is 382 g/mol. The summed E-state index contributed by atoms with van der Waals surface area (Å²) in [4.78, 5) is 21.9. The number of non-ortho nitro benzene ring substituents is 1. The maximum absolute atomic E-state index is 13.6. The number of rotatable bonds is 4. The van der Waals surface area contributed by atoms with E-state index in [2.05, 4.69) is 16.2 Å². The fourth-order valence-electron chi connectivity index (χ4n) is 1.86. The summed E-state index contributed by atoms with van der Waals surface area (Å²) in [5.74, 6) is -1.12. The molecule has 0 aromatic heterocycles. The average molecular weight is 383 g/mol. The highest BCUT2D eigenvalue weighted by Gasteiger charge is 2.12. The molecule has 7 nitrogen and oxygen atoms in total. The normalized spacial score (nSPS) is 10.0. The molecule has 3 N–H and O–H groups in total. The van der Waals surface area contributed by atoms with E-state index in [0.717, 1.165) is 0 Å². The van der Waals surface area contributed by atoms with Gasteiger partial charge in [0.05, 0.1) is 11.3 Å². The first-order chi connectivity index (χ1) is 11.9. The summed E-state index contributed by atoms with van der Waals surface area (Å²) >= 11 is 10.8. The van der Waals surface area contributed by atoms with Crippen molar-refractivity contribution in [3.63, 3.8) is 0 Å². The number of nitro benzene ring substituents is 1. The van der Waals surface area contributed by atoms with Crippen LogP contribution in [0.2, 0.25) is 5.02 Å². The molecule has 2 rings (SSSR count). The number of hydrogen-bond donors (Lipinski definition) is 3. The molecular weight excluding hydrogens is 371 g/mol. The van der Waals surface area contributed by atoms with Crippen molar-refractivity contribution in [1.29, 1.82) is 0 Å². The first-order valence-corrected chi connectivity index (χ1v) is 7.68. The smallest absolute Gasteiger partial charge is 0.269 e. The van der Waals surface area contributed by atoms with Gasteiger partial charge in [0.25, 0.3) is 5.69 Å². The number of hydrogen-bond acceptors (Lipinski definition) is 4. The van der Waals surface area contributed by atoms with Crippen LogP contribution in [-0.4, -0.2) is 15.9 Å². The summed E-state index contributed by atoms with van der Waals surface area (Å²) in [6, 6.07) is 9.69. The lowest BCUT2D eigenvalue weighted by atomic mass is 10.1. The van der Waals surface area contributed by atoms with Crippen LogP contribution in [0.5, 0.6) is 0 Å². The summed E-state index contributed by atoms with van der Waals surface area (Å²) in [7, 11) is 0. The number of halogens is 2. The SMILES string of the molecule is O=C(Cc1c(F)cccc1Cl)NNC(=S)Nc1ccc([N+](=O)[O-])cc1. The number of nitrogens with zero attached hydrogens (tertiary/aromatic N) is 1. The molecule has 0 atom stereocenters. The lowest BCUT2D eigenvalue weighted by Gasteiger charge is -2.12. The standard InChI is InChI=1S/C15H12ClFN4O3S/c16-12-2-1-3-13(17)11(12)8-14(22)19-20-15(25)18-9-4-6-10(7-5-9)21(23)24/h1-7H,8H2,(H,19,22)(H2,18,20,25). The summed E-state index contributed by atoms with van der Waals surface area (Å²) in [6.07, 6.45) is -0.265. The molecule has 1 amide bonds. The predicted octanol–water partition coefficient (Wildman–Crippen LogP) is 2.95. The van der Waals surface area contributed by atoms with Gasteiger partial charge in [0, 0.05) is 28.4 Å². The van der Waals surface area contributed by atoms with Gasteiger partial charge in [0.2, 0.25) is 5.91 Å². The zero-order chi connectivity index (χ0) is 18.4. The molecule has 0 aliphatic rings. The molecule has 0 saturated heterocycles. The summed E-state index contributed by atoms with van der Waals surface area (Å²) < 4.78 is 13.6. The number of hydrazine groups is 1. The number of amides is 1. The Labute approximate surface area is 152 Å². The van der Waals surface area contributed by atoms with Crippen molar-refractivity contribution in [2.24, 2.45) is 0 Å². The highest BCUT2D eigenvalue weighted by atomic mass is 35.5. The number of nitrogens with one attached hydrogen (secondary N) is 3. The van der Waals surface area contributed by atoms with Gasteiger partial charge in [0.1, 0.15) is 5.82 Å². The summed E-state index contributed by atoms with van der Waals surface area (Å²) in [5, 5.41) is 13.5. The number of anilines is 1. The molecule has 0 radical (unpaired) electrons. The molecule has 0 heterocycles. The van der Waals surface area contributed by atoms with Crippen LogP contribution in [0.4, 0.5) is 15.8 Å². The van der Waals surface area contributed by atoms with Crippen LogP contribution in [0.25, 0.3) is 0 Å². The summed E-state index contributed by atoms with van der Waals surface area (Å²) in [5.41, 5.74) is 5.28. The van der Waals surface area contributed by atoms with E-state index in [1.807, 2.05) is 0 Å². The Kier molecular flexibility index (Phi) is 6.20. The van der Waals surface area contributed by atoms with Crippen LogP contribution in [-0.2, 0) is 11.2 Å². The van der Waals surface area contributed by atoms with E-state index in [9.17, 15) is 19.3 Å². The van der Waals surface area contributed by atoms with Gasteiger partial charge < -0.3 is 5.32 Å². The third-order valence-electron chi connectivity index (χ3n) is 3.05. The van der Waals surface area contributed by atoms with Crippen LogP contribution < -0.4 is 16.2 Å². The van der Waals surface area contributed by atoms with Crippen LogP contribution in [0.1, 0.15) is 5.56 Å². The van der Waals surface area contributed by atoms with Gasteiger partial charge in [-0.1, -0.05) is 17.7 Å². The van der Waals surface area contributed by atoms with Crippen molar-refractivity contribution in [2.75, 3.05) is 5.32 Å². The Morgan fingerprint density at radius 2 is 1.88 bits per heavy atom. The van der Waals surface area contributed by atoms with E-state index in [1.165, 1.54) is 42.5 Å². The van der Waals surface area contributed by atoms with Crippen LogP contribution in [0.15, 0.2) is 42.5 Å². The zero-order valence-electron chi connectivity index (χ0n) is 12.6. The zero-order valence-corrected chi connectivity index (χ0v) is 14.2. The van der Waals surface area contributed by atoms with E-state index in [4.69, 9.17) is 23.8 Å². The van der Waals surface area contributed by atoms with Crippen LogP contribution >= 0.6 is 23.8 Å². The van der Waals surface area contributed by atoms with Crippen molar-refractivity contribution in [1.82, 2.24) is 10.9 Å². The van der Waals surface area contributed by atoms with E-state index in [-0.39, 0.29) is 27.8 Å². The largest absolute Gasteiger partial charge is 0.331 e. The fourth-order valence-corrected chi connectivity index (χ4v) is 2.26. The molecule has 0 spiro atoms. The van der Waals surface area contributed by atoms with E-state index >= 15 is 0 Å². The molecule has 130 valence electrons. The number of carbonyl (C=O) groups is 1. The molecule has 10 heteroatoms. The molecule has 0 aliphatic heterocycles. The van der Waals surface area contributed by atoms with Crippen LogP contribution in [0.3, 0.4) is 0 Å². The van der Waals surface area contributed by atoms with Crippen molar-refractivity contribution < 1.29 is 14.1 Å². The minimum atomic E-state index is -0.575. The number of nitro groups is 1. The van der Waals surface area contributed by atoms with Crippen molar-refractivity contribution >= 4 is 46.2 Å². The fraction of sp³-hybridized carbons (Fsp3) is 0.0667. The van der Waals surface area contributed by atoms with Crippen LogP contribution in [0, 0.1) is 15.9 Å². The predicted molar refractivity (Wildman–Crippen MR) is 95.7 cm³/mol. The molecular formula is C15H12ClFN4O3S. The van der Waals surface area contributed by atoms with Gasteiger partial charge in [-0.15, -0.1) is 0 Å². The van der Waals surface area contributed by atoms with Gasteiger partial charge in [-0.05, 0) is 36.5 Å². The maximum atomic E-state index is 13.6. The van der Waals surface area contributed by atoms with Gasteiger partial charge in [-0.3, -0.25) is 25.8 Å². The van der Waals surface area contributed by atoms with Gasteiger partial charge in [-0.2, -0.15) is 0 Å². The van der Waals surface area contributed by atoms with Gasteiger partial charge in [-0.25, -0.2) is 4.39 Å². The second kappa shape index (κ2) is 8.36. The number of carbonyl (C=O) groups excluding carboxylic acids is 1. The van der Waals surface area contributed by atoms with E-state index in [0.29, 0.717) is 5.69 Å². The molecule has 0 saturated carbocycles. The highest BCUT2D eigenvalue weighted by Crippen LogP contribution is 2.19. The minimum Gasteiger partial charge on any atom is -0.331 e. The Hall–Kier alpha value is -2.78. The Morgan fingerprint density at radius 3 is 2.48 bits per heavy atom. The highest BCUT2D eigenvalue weighted by molar-refractivity contribution is 7.80. The third-order valence-corrected chi connectivity index (χ3v) is 3.61. The van der Waals surface area contributed by atoms with Crippen molar-refractivity contribution in [2.45, 2.75) is 6.42 Å². The molecule has 0 bridgehead atoms. The van der Waals surface area contributed by atoms with E-state index in [1.54, 1.807) is 0 Å². The molecule has 2 aromatic carbocycles. The third kappa shape index (κ3) is 5.37. The lowest BCUT2D eigenvalue weighted by Crippen LogP contribution is -2.44. The maximum Gasteiger partial charge on any atom is 0.269 e. The summed E-state index contributed by atoms with van der Waals surface area (Å²) in [6.45, 7) is 0. The number of benzene rings is 2. The quantitative estimate of drug-likeness (QED) is 0.427. The second-order valence-electron chi connectivity index (χ2n) is 4.81. The second-order valence-corrected chi connectivity index (χ2v) is 5.62. The van der Waals surface area contributed by atoms with Gasteiger partial charge >= 0.3 is 0 Å². The Bertz CT molecular complexity index is 797. The molecule has 0 aliphatic carbocycles.